The Morgan fingerprint density at radius 2 is 2.00 bits per heavy atom. The maximum absolute atomic E-state index is 11.5. The number of carboxylic acid groups (broad SMARTS) is 1. The van der Waals surface area contributed by atoms with Crippen molar-refractivity contribution < 1.29 is 19.4 Å². The number of carbonyl (C=O) groups is 1. The van der Waals surface area contributed by atoms with Crippen molar-refractivity contribution in [3.8, 4) is 0 Å². The maximum atomic E-state index is 11.5. The molecule has 124 valence electrons. The number of piperidine rings is 1. The van der Waals surface area contributed by atoms with E-state index in [2.05, 4.69) is 33.9 Å². The first-order chi connectivity index (χ1) is 9.60. The zero-order chi connectivity index (χ0) is 16.3. The molecule has 1 amide bonds. The smallest absolute Gasteiger partial charge is 0.407 e. The van der Waals surface area contributed by atoms with E-state index in [1.54, 1.807) is 0 Å². The molecule has 0 aromatic rings. The van der Waals surface area contributed by atoms with Crippen LogP contribution >= 0.6 is 0 Å². The van der Waals surface area contributed by atoms with Gasteiger partial charge in [0.15, 0.2) is 8.32 Å². The van der Waals surface area contributed by atoms with Gasteiger partial charge in [0, 0.05) is 13.2 Å². The van der Waals surface area contributed by atoms with Crippen molar-refractivity contribution in [1.29, 1.82) is 0 Å². The highest BCUT2D eigenvalue weighted by Crippen LogP contribution is 2.39. The molecule has 0 aromatic carbocycles. The normalized spacial score (nSPS) is 24.2. The Bertz CT molecular complexity index is 354. The van der Waals surface area contributed by atoms with Crippen molar-refractivity contribution in [2.75, 3.05) is 13.2 Å². The lowest BCUT2D eigenvalue weighted by molar-refractivity contribution is 0.0168. The third-order valence-corrected chi connectivity index (χ3v) is 9.38. The molecule has 21 heavy (non-hydrogen) atoms. The standard InChI is InChI=1S/C15H31NO4Si/c1-15(2,3)21(4,5)20-13-9-6-10-16(14(18)19)12(13)8-7-11-17/h12-13,17H,6-11H2,1-5H3,(H,18,19)/t12-,13+/m0/s1. The zero-order valence-electron chi connectivity index (χ0n) is 14.1. The molecule has 2 atom stereocenters. The summed E-state index contributed by atoms with van der Waals surface area (Å²) in [5.74, 6) is 0. The van der Waals surface area contributed by atoms with Gasteiger partial charge >= 0.3 is 6.09 Å². The Balaban J connectivity index is 2.88. The Morgan fingerprint density at radius 1 is 1.38 bits per heavy atom. The molecule has 1 rings (SSSR count). The number of hydrogen-bond donors (Lipinski definition) is 2. The number of aliphatic hydroxyl groups is 1. The number of aliphatic hydroxyl groups excluding tert-OH is 1. The van der Waals surface area contributed by atoms with Crippen LogP contribution in [0, 0.1) is 0 Å². The second kappa shape index (κ2) is 7.11. The lowest BCUT2D eigenvalue weighted by Crippen LogP contribution is -2.55. The van der Waals surface area contributed by atoms with Crippen molar-refractivity contribution in [3.05, 3.63) is 0 Å². The van der Waals surface area contributed by atoms with Crippen molar-refractivity contribution in [2.24, 2.45) is 0 Å². The average Bonchev–Trinajstić information content (AvgIpc) is 2.35. The Kier molecular flexibility index (Phi) is 6.25. The Morgan fingerprint density at radius 3 is 2.48 bits per heavy atom. The van der Waals surface area contributed by atoms with Gasteiger partial charge in [-0.05, 0) is 43.8 Å². The molecule has 0 unspecified atom stereocenters. The molecule has 1 saturated heterocycles. The molecule has 1 fully saturated rings. The topological polar surface area (TPSA) is 70.0 Å². The fourth-order valence-electron chi connectivity index (χ4n) is 2.59. The van der Waals surface area contributed by atoms with Gasteiger partial charge in [0.2, 0.25) is 0 Å². The second-order valence-corrected chi connectivity index (χ2v) is 12.2. The molecule has 1 aliphatic rings. The fourth-order valence-corrected chi connectivity index (χ4v) is 3.98. The van der Waals surface area contributed by atoms with E-state index in [0.717, 1.165) is 12.8 Å². The summed E-state index contributed by atoms with van der Waals surface area (Å²) in [5.41, 5.74) is 0. The van der Waals surface area contributed by atoms with E-state index in [-0.39, 0.29) is 23.8 Å². The van der Waals surface area contributed by atoms with Crippen LogP contribution in [0.2, 0.25) is 18.1 Å². The number of likely N-dealkylation sites (tertiary alicyclic amines) is 1. The summed E-state index contributed by atoms with van der Waals surface area (Å²) in [6.07, 6.45) is 2.13. The van der Waals surface area contributed by atoms with Crippen LogP contribution in [0.1, 0.15) is 46.5 Å². The fraction of sp³-hybridized carbons (Fsp3) is 0.933. The summed E-state index contributed by atoms with van der Waals surface area (Å²) in [6, 6.07) is -0.127. The van der Waals surface area contributed by atoms with Gasteiger partial charge in [-0.2, -0.15) is 0 Å². The molecule has 6 heteroatoms. The first-order valence-corrected chi connectivity index (χ1v) is 10.8. The number of hydrogen-bond acceptors (Lipinski definition) is 3. The average molecular weight is 318 g/mol. The first-order valence-electron chi connectivity index (χ1n) is 7.88. The molecule has 0 spiro atoms. The van der Waals surface area contributed by atoms with Crippen molar-refractivity contribution in [2.45, 2.75) is 76.7 Å². The molecular weight excluding hydrogens is 286 g/mol. The molecule has 0 aromatic heterocycles. The highest BCUT2D eigenvalue weighted by atomic mass is 28.4. The number of nitrogens with zero attached hydrogens (tertiary/aromatic N) is 1. The third-order valence-electron chi connectivity index (χ3n) is 4.87. The quantitative estimate of drug-likeness (QED) is 0.763. The van der Waals surface area contributed by atoms with Crippen molar-refractivity contribution in [3.63, 3.8) is 0 Å². The van der Waals surface area contributed by atoms with Crippen LogP contribution in [0.15, 0.2) is 0 Å². The van der Waals surface area contributed by atoms with Crippen LogP contribution < -0.4 is 0 Å². The molecule has 5 nitrogen and oxygen atoms in total. The van der Waals surface area contributed by atoms with E-state index in [1.165, 1.54) is 4.90 Å². The summed E-state index contributed by atoms with van der Waals surface area (Å²) < 4.78 is 6.49. The van der Waals surface area contributed by atoms with E-state index < -0.39 is 14.4 Å². The first kappa shape index (κ1) is 18.5. The van der Waals surface area contributed by atoms with Crippen LogP contribution in [0.4, 0.5) is 4.79 Å². The van der Waals surface area contributed by atoms with Crippen LogP contribution in [-0.4, -0.2) is 54.8 Å². The van der Waals surface area contributed by atoms with Gasteiger partial charge in [-0.3, -0.25) is 0 Å². The van der Waals surface area contributed by atoms with Crippen LogP contribution in [-0.2, 0) is 4.43 Å². The Hall–Kier alpha value is -0.593. The molecule has 0 saturated carbocycles. The third kappa shape index (κ3) is 4.69. The van der Waals surface area contributed by atoms with E-state index in [1.807, 2.05) is 0 Å². The van der Waals surface area contributed by atoms with E-state index in [0.29, 0.717) is 19.4 Å². The van der Waals surface area contributed by atoms with E-state index >= 15 is 0 Å². The maximum Gasteiger partial charge on any atom is 0.407 e. The SMILES string of the molecule is CC(C)(C)[Si](C)(C)O[C@@H]1CCCN(C(=O)O)[C@H]1CCCO. The lowest BCUT2D eigenvalue weighted by Gasteiger charge is -2.46. The van der Waals surface area contributed by atoms with Crippen molar-refractivity contribution >= 4 is 14.4 Å². The molecule has 1 aliphatic heterocycles. The molecule has 1 heterocycles. The van der Waals surface area contributed by atoms with Crippen LogP contribution in [0.25, 0.3) is 0 Å². The second-order valence-electron chi connectivity index (χ2n) is 7.47. The zero-order valence-corrected chi connectivity index (χ0v) is 15.1. The molecule has 0 radical (unpaired) electrons. The minimum Gasteiger partial charge on any atom is -0.465 e. The van der Waals surface area contributed by atoms with Crippen LogP contribution in [0.5, 0.6) is 0 Å². The van der Waals surface area contributed by atoms with Gasteiger partial charge in [-0.15, -0.1) is 0 Å². The van der Waals surface area contributed by atoms with Gasteiger partial charge in [0.1, 0.15) is 0 Å². The predicted molar refractivity (Wildman–Crippen MR) is 86.1 cm³/mol. The Labute approximate surface area is 129 Å². The van der Waals surface area contributed by atoms with Gasteiger partial charge in [-0.1, -0.05) is 20.8 Å². The highest BCUT2D eigenvalue weighted by molar-refractivity contribution is 6.74. The molecule has 2 N–H and O–H groups in total. The number of amides is 1. The monoisotopic (exact) mass is 317 g/mol. The highest BCUT2D eigenvalue weighted by Gasteiger charge is 2.43. The summed E-state index contributed by atoms with van der Waals surface area (Å²) in [6.45, 7) is 11.7. The minimum atomic E-state index is -1.92. The van der Waals surface area contributed by atoms with E-state index in [4.69, 9.17) is 9.53 Å². The molecule has 0 bridgehead atoms. The molecular formula is C15H31NO4Si. The predicted octanol–water partition coefficient (Wildman–Crippen LogP) is 3.29. The minimum absolute atomic E-state index is 0.0395. The number of rotatable bonds is 5. The van der Waals surface area contributed by atoms with Gasteiger partial charge in [0.05, 0.1) is 12.1 Å². The summed E-state index contributed by atoms with van der Waals surface area (Å²) in [4.78, 5) is 13.0. The summed E-state index contributed by atoms with van der Waals surface area (Å²) in [7, 11) is -1.92. The lowest BCUT2D eigenvalue weighted by atomic mass is 9.95. The van der Waals surface area contributed by atoms with Gasteiger partial charge in [-0.25, -0.2) is 4.79 Å². The van der Waals surface area contributed by atoms with Crippen LogP contribution in [0.3, 0.4) is 0 Å². The largest absolute Gasteiger partial charge is 0.465 e. The van der Waals surface area contributed by atoms with Gasteiger partial charge < -0.3 is 19.5 Å². The summed E-state index contributed by atoms with van der Waals surface area (Å²) in [5, 5.41) is 18.6. The van der Waals surface area contributed by atoms with Crippen molar-refractivity contribution in [1.82, 2.24) is 4.90 Å². The summed E-state index contributed by atoms with van der Waals surface area (Å²) >= 11 is 0. The molecule has 0 aliphatic carbocycles. The van der Waals surface area contributed by atoms with E-state index in [9.17, 15) is 9.90 Å². The van der Waals surface area contributed by atoms with Gasteiger partial charge in [0.25, 0.3) is 0 Å².